The van der Waals surface area contributed by atoms with Crippen LogP contribution in [0.4, 0.5) is 0 Å². The van der Waals surface area contributed by atoms with Crippen LogP contribution < -0.4 is 0 Å². The van der Waals surface area contributed by atoms with Crippen molar-refractivity contribution in [3.05, 3.63) is 23.3 Å². The van der Waals surface area contributed by atoms with Gasteiger partial charge >= 0.3 is 0 Å². The first kappa shape index (κ1) is 17.1. The highest BCUT2D eigenvalue weighted by Crippen LogP contribution is 2.29. The Balaban J connectivity index is 2.67. The van der Waals surface area contributed by atoms with Crippen molar-refractivity contribution in [2.45, 2.75) is 45.1 Å². The summed E-state index contributed by atoms with van der Waals surface area (Å²) >= 11 is 0. The first-order chi connectivity index (χ1) is 9.63. The summed E-state index contributed by atoms with van der Waals surface area (Å²) in [5.41, 5.74) is 1.63. The summed E-state index contributed by atoms with van der Waals surface area (Å²) in [6.07, 6.45) is 7.78. The summed E-state index contributed by atoms with van der Waals surface area (Å²) in [4.78, 5) is 11.8. The molecule has 0 bridgehead atoms. The molecule has 1 aliphatic carbocycles. The number of hydrogen-bond donors (Lipinski definition) is 2. The van der Waals surface area contributed by atoms with Gasteiger partial charge in [0.05, 0.1) is 12.7 Å². The van der Waals surface area contributed by atoms with Crippen LogP contribution in [-0.2, 0) is 9.53 Å². The molecule has 0 fully saturated rings. The van der Waals surface area contributed by atoms with E-state index in [4.69, 9.17) is 9.84 Å². The van der Waals surface area contributed by atoms with Crippen molar-refractivity contribution in [2.24, 2.45) is 5.92 Å². The summed E-state index contributed by atoms with van der Waals surface area (Å²) < 4.78 is 5.44. The molecule has 0 spiro atoms. The average Bonchev–Trinajstić information content (AvgIpc) is 2.45. The third kappa shape index (κ3) is 4.85. The third-order valence-electron chi connectivity index (χ3n) is 3.86. The van der Waals surface area contributed by atoms with Crippen LogP contribution in [0.2, 0.25) is 0 Å². The molecule has 1 rings (SSSR count). The fraction of sp³-hybridized carbons (Fsp3) is 0.688. The summed E-state index contributed by atoms with van der Waals surface area (Å²) in [6, 6.07) is 0. The lowest BCUT2D eigenvalue weighted by Crippen LogP contribution is -2.31. The average molecular weight is 282 g/mol. The molecule has 0 amide bonds. The van der Waals surface area contributed by atoms with E-state index in [0.717, 1.165) is 36.8 Å². The van der Waals surface area contributed by atoms with Crippen LogP contribution in [0.15, 0.2) is 23.3 Å². The molecule has 2 unspecified atom stereocenters. The molecule has 0 aromatic heterocycles. The lowest BCUT2D eigenvalue weighted by Gasteiger charge is -2.29. The van der Waals surface area contributed by atoms with Crippen LogP contribution in [0, 0.1) is 5.92 Å². The minimum absolute atomic E-state index is 0.0370. The predicted octanol–water partition coefficient (Wildman–Crippen LogP) is 2.01. The van der Waals surface area contributed by atoms with Gasteiger partial charge in [-0.1, -0.05) is 12.5 Å². The second-order valence-electron chi connectivity index (χ2n) is 5.29. The Labute approximate surface area is 121 Å². The van der Waals surface area contributed by atoms with E-state index in [1.54, 1.807) is 7.11 Å². The van der Waals surface area contributed by atoms with Gasteiger partial charge in [-0.3, -0.25) is 4.79 Å². The molecular formula is C16H26O4. The van der Waals surface area contributed by atoms with Gasteiger partial charge in [-0.15, -0.1) is 0 Å². The van der Waals surface area contributed by atoms with Crippen LogP contribution in [0.3, 0.4) is 0 Å². The normalized spacial score (nSPS) is 23.9. The Morgan fingerprint density at radius 2 is 2.15 bits per heavy atom. The van der Waals surface area contributed by atoms with Gasteiger partial charge in [-0.25, -0.2) is 0 Å². The molecule has 2 atom stereocenters. The van der Waals surface area contributed by atoms with Crippen LogP contribution in [0.1, 0.15) is 39.0 Å². The Bertz CT molecular complexity index is 371. The zero-order chi connectivity index (χ0) is 15.0. The van der Waals surface area contributed by atoms with E-state index < -0.39 is 0 Å². The minimum atomic E-state index is -0.136. The van der Waals surface area contributed by atoms with E-state index in [9.17, 15) is 9.90 Å². The van der Waals surface area contributed by atoms with Crippen molar-refractivity contribution in [3.8, 4) is 0 Å². The lowest BCUT2D eigenvalue weighted by molar-refractivity contribution is -0.117. The number of Topliss-reactive ketones (excluding diaryl/α,β-unsaturated/α-hetero) is 1. The van der Waals surface area contributed by atoms with E-state index >= 15 is 0 Å². The quantitative estimate of drug-likeness (QED) is 0.528. The summed E-state index contributed by atoms with van der Waals surface area (Å²) in [5, 5.41) is 18.3. The fourth-order valence-electron chi connectivity index (χ4n) is 2.56. The second kappa shape index (κ2) is 9.06. The van der Waals surface area contributed by atoms with Crippen LogP contribution >= 0.6 is 0 Å². The van der Waals surface area contributed by atoms with E-state index in [1.165, 1.54) is 0 Å². The Kier molecular flexibility index (Phi) is 7.73. The van der Waals surface area contributed by atoms with Crippen molar-refractivity contribution in [1.29, 1.82) is 0 Å². The van der Waals surface area contributed by atoms with Gasteiger partial charge in [-0.2, -0.15) is 0 Å². The van der Waals surface area contributed by atoms with Gasteiger partial charge in [0.1, 0.15) is 0 Å². The summed E-state index contributed by atoms with van der Waals surface area (Å²) in [6.45, 7) is 2.00. The number of aliphatic hydroxyl groups excluding tert-OH is 2. The largest absolute Gasteiger partial charge is 0.396 e. The maximum atomic E-state index is 11.8. The number of ether oxygens (including phenoxy) is 1. The third-order valence-corrected chi connectivity index (χ3v) is 3.86. The Morgan fingerprint density at radius 3 is 2.75 bits per heavy atom. The topological polar surface area (TPSA) is 66.8 Å². The molecule has 1 aliphatic rings. The van der Waals surface area contributed by atoms with E-state index in [0.29, 0.717) is 6.42 Å². The molecule has 4 nitrogen and oxygen atoms in total. The number of rotatable bonds is 8. The fourth-order valence-corrected chi connectivity index (χ4v) is 2.56. The number of aliphatic hydroxyl groups is 2. The van der Waals surface area contributed by atoms with Crippen molar-refractivity contribution >= 4 is 5.78 Å². The first-order valence-corrected chi connectivity index (χ1v) is 7.29. The molecule has 0 aliphatic heterocycles. The van der Waals surface area contributed by atoms with Gasteiger partial charge < -0.3 is 14.9 Å². The van der Waals surface area contributed by atoms with Crippen LogP contribution in [0.25, 0.3) is 0 Å². The smallest absolute Gasteiger partial charge is 0.159 e. The van der Waals surface area contributed by atoms with Gasteiger partial charge in [0.2, 0.25) is 0 Å². The van der Waals surface area contributed by atoms with Gasteiger partial charge in [0.25, 0.3) is 0 Å². The molecule has 0 aromatic carbocycles. The number of hydrogen-bond acceptors (Lipinski definition) is 4. The molecule has 0 heterocycles. The van der Waals surface area contributed by atoms with Crippen molar-refractivity contribution in [2.75, 3.05) is 20.3 Å². The van der Waals surface area contributed by atoms with E-state index in [2.05, 4.69) is 0 Å². The predicted molar refractivity (Wildman–Crippen MR) is 78.4 cm³/mol. The number of carbonyl (C=O) groups is 1. The number of carbonyl (C=O) groups excluding carboxylic acids is 1. The SMILES string of the molecule is COC1C=C(C)C(=O)CC1/C(=C\CCCCCO)CO. The van der Waals surface area contributed by atoms with E-state index in [1.807, 2.05) is 19.1 Å². The Hall–Kier alpha value is -0.970. The summed E-state index contributed by atoms with van der Waals surface area (Å²) in [7, 11) is 1.63. The van der Waals surface area contributed by atoms with Crippen LogP contribution in [-0.4, -0.2) is 42.4 Å². The van der Waals surface area contributed by atoms with Crippen molar-refractivity contribution in [3.63, 3.8) is 0 Å². The zero-order valence-corrected chi connectivity index (χ0v) is 12.5. The lowest BCUT2D eigenvalue weighted by atomic mass is 9.81. The maximum Gasteiger partial charge on any atom is 0.159 e. The standard InChI is InChI=1S/C16H26O4/c1-12-9-16(20-2)14(10-15(12)19)13(11-18)7-5-3-4-6-8-17/h7,9,14,16-18H,3-6,8,10-11H2,1-2H3/b13-7-. The molecule has 2 N–H and O–H groups in total. The minimum Gasteiger partial charge on any atom is -0.396 e. The van der Waals surface area contributed by atoms with Crippen molar-refractivity contribution in [1.82, 2.24) is 0 Å². The number of ketones is 1. The molecule has 0 saturated carbocycles. The zero-order valence-electron chi connectivity index (χ0n) is 12.5. The Morgan fingerprint density at radius 1 is 1.40 bits per heavy atom. The number of allylic oxidation sites excluding steroid dienone is 2. The molecule has 0 saturated heterocycles. The van der Waals surface area contributed by atoms with Gasteiger partial charge in [0.15, 0.2) is 5.78 Å². The summed E-state index contributed by atoms with van der Waals surface area (Å²) in [5.74, 6) is 0.0713. The molecule has 4 heteroatoms. The molecule has 20 heavy (non-hydrogen) atoms. The molecule has 0 radical (unpaired) electrons. The maximum absolute atomic E-state index is 11.8. The number of methoxy groups -OCH3 is 1. The van der Waals surface area contributed by atoms with Crippen LogP contribution in [0.5, 0.6) is 0 Å². The number of unbranched alkanes of at least 4 members (excludes halogenated alkanes) is 3. The second-order valence-corrected chi connectivity index (χ2v) is 5.29. The highest BCUT2D eigenvalue weighted by atomic mass is 16.5. The molecule has 114 valence electrons. The van der Waals surface area contributed by atoms with Crippen molar-refractivity contribution < 1.29 is 19.7 Å². The van der Waals surface area contributed by atoms with Gasteiger partial charge in [0, 0.05) is 26.1 Å². The monoisotopic (exact) mass is 282 g/mol. The van der Waals surface area contributed by atoms with Gasteiger partial charge in [-0.05, 0) is 43.4 Å². The highest BCUT2D eigenvalue weighted by molar-refractivity contribution is 5.96. The molecular weight excluding hydrogens is 256 g/mol. The van der Waals surface area contributed by atoms with E-state index in [-0.39, 0.29) is 31.0 Å². The molecule has 0 aromatic rings. The highest BCUT2D eigenvalue weighted by Gasteiger charge is 2.30. The first-order valence-electron chi connectivity index (χ1n) is 7.29.